The summed E-state index contributed by atoms with van der Waals surface area (Å²) >= 11 is 1.58. The van der Waals surface area contributed by atoms with Crippen LogP contribution in [0.2, 0.25) is 0 Å². The number of piperidine rings is 1. The van der Waals surface area contributed by atoms with Gasteiger partial charge in [0.15, 0.2) is 5.13 Å². The van der Waals surface area contributed by atoms with Gasteiger partial charge in [0.2, 0.25) is 0 Å². The fraction of sp³-hybridized carbons (Fsp3) is 0.529. The van der Waals surface area contributed by atoms with Gasteiger partial charge in [-0.3, -0.25) is 9.36 Å². The second-order valence-electron chi connectivity index (χ2n) is 7.05. The smallest absolute Gasteiger partial charge is 0.255 e. The summed E-state index contributed by atoms with van der Waals surface area (Å²) in [6, 6.07) is 2.12. The van der Waals surface area contributed by atoms with Crippen molar-refractivity contribution in [2.24, 2.45) is 11.1 Å². The Bertz CT molecular complexity index is 727. The van der Waals surface area contributed by atoms with Crippen LogP contribution in [0, 0.1) is 19.3 Å². The Kier molecular flexibility index (Phi) is 7.10. The molecule has 0 bridgehead atoms. The van der Waals surface area contributed by atoms with E-state index in [4.69, 9.17) is 5.73 Å². The van der Waals surface area contributed by atoms with Crippen LogP contribution in [0.3, 0.4) is 0 Å². The third kappa shape index (κ3) is 4.03. The number of likely N-dealkylation sites (tertiary alicyclic amines) is 1. The first-order valence-electron chi connectivity index (χ1n) is 7.95. The lowest BCUT2D eigenvalue weighted by molar-refractivity contribution is 0.0532. The molecule has 0 radical (unpaired) electrons. The molecule has 1 saturated heterocycles. The van der Waals surface area contributed by atoms with Gasteiger partial charge in [-0.05, 0) is 31.7 Å². The molecule has 0 aliphatic carbocycles. The van der Waals surface area contributed by atoms with Crippen LogP contribution in [0.5, 0.6) is 0 Å². The van der Waals surface area contributed by atoms with Gasteiger partial charge in [-0.1, -0.05) is 13.8 Å². The minimum absolute atomic E-state index is 0. The normalized spacial score (nSPS) is 19.1. The van der Waals surface area contributed by atoms with Gasteiger partial charge >= 0.3 is 0 Å². The highest BCUT2D eigenvalue weighted by Crippen LogP contribution is 2.30. The minimum Gasteiger partial charge on any atom is -0.338 e. The Hall–Kier alpha value is -1.08. The molecule has 2 N–H and O–H groups in total. The van der Waals surface area contributed by atoms with Crippen LogP contribution in [0.15, 0.2) is 17.6 Å². The van der Waals surface area contributed by atoms with E-state index in [-0.39, 0.29) is 42.2 Å². The maximum Gasteiger partial charge on any atom is 0.255 e. The van der Waals surface area contributed by atoms with Crippen molar-refractivity contribution in [2.45, 2.75) is 40.2 Å². The predicted molar refractivity (Wildman–Crippen MR) is 108 cm³/mol. The van der Waals surface area contributed by atoms with Gasteiger partial charge in [-0.15, -0.1) is 36.2 Å². The first-order valence-corrected chi connectivity index (χ1v) is 8.83. The van der Waals surface area contributed by atoms with Crippen LogP contribution in [0.1, 0.15) is 42.0 Å². The molecule has 2 aromatic heterocycles. The number of aryl methyl sites for hydroxylation is 1. The Morgan fingerprint density at radius 3 is 2.60 bits per heavy atom. The average molecular weight is 405 g/mol. The number of amides is 1. The van der Waals surface area contributed by atoms with Crippen LogP contribution in [-0.2, 0) is 0 Å². The molecule has 140 valence electrons. The van der Waals surface area contributed by atoms with Gasteiger partial charge in [0.05, 0.1) is 5.56 Å². The fourth-order valence-corrected chi connectivity index (χ4v) is 4.07. The topological polar surface area (TPSA) is 64.2 Å². The molecule has 1 aliphatic rings. The van der Waals surface area contributed by atoms with Crippen LogP contribution in [0.25, 0.3) is 5.13 Å². The van der Waals surface area contributed by atoms with Crippen LogP contribution in [-0.4, -0.2) is 39.5 Å². The monoisotopic (exact) mass is 404 g/mol. The maximum absolute atomic E-state index is 13.0. The predicted octanol–water partition coefficient (Wildman–Crippen LogP) is 3.59. The molecule has 5 nitrogen and oxygen atoms in total. The first-order chi connectivity index (χ1) is 10.8. The number of carbonyl (C=O) groups is 1. The van der Waals surface area contributed by atoms with E-state index in [9.17, 15) is 4.79 Å². The summed E-state index contributed by atoms with van der Waals surface area (Å²) in [7, 11) is 0. The summed E-state index contributed by atoms with van der Waals surface area (Å²) in [5.74, 6) is 0.0980. The van der Waals surface area contributed by atoms with E-state index in [0.29, 0.717) is 6.54 Å². The standard InChI is InChI=1S/C17H24N4OS.2ClH/c1-11-9-13(12(2)21(11)16-19-6-8-23-16)15(22)20-7-5-14(18)17(3,4)10-20;;/h6,8-9,14H,5,7,10,18H2,1-4H3;2*1H. The quantitative estimate of drug-likeness (QED) is 0.831. The van der Waals surface area contributed by atoms with E-state index < -0.39 is 0 Å². The third-order valence-corrected chi connectivity index (χ3v) is 5.63. The zero-order chi connectivity index (χ0) is 16.8. The average Bonchev–Trinajstić information content (AvgIpc) is 3.09. The van der Waals surface area contributed by atoms with Gasteiger partial charge in [-0.2, -0.15) is 0 Å². The number of carbonyl (C=O) groups excluding carboxylic acids is 1. The second kappa shape index (κ2) is 8.08. The Balaban J connectivity index is 0.00000156. The van der Waals surface area contributed by atoms with Gasteiger partial charge in [0, 0.05) is 42.1 Å². The number of thiazole rings is 1. The van der Waals surface area contributed by atoms with Crippen molar-refractivity contribution >= 4 is 42.1 Å². The van der Waals surface area contributed by atoms with E-state index in [0.717, 1.165) is 35.0 Å². The molecule has 3 rings (SSSR count). The van der Waals surface area contributed by atoms with Crippen molar-refractivity contribution in [3.05, 3.63) is 34.6 Å². The number of aromatic nitrogens is 2. The van der Waals surface area contributed by atoms with E-state index in [1.165, 1.54) is 0 Å². The van der Waals surface area contributed by atoms with Crippen molar-refractivity contribution in [3.8, 4) is 5.13 Å². The lowest BCUT2D eigenvalue weighted by Crippen LogP contribution is -2.54. The molecule has 1 aliphatic heterocycles. The van der Waals surface area contributed by atoms with Crippen LogP contribution < -0.4 is 5.73 Å². The fourth-order valence-electron chi connectivity index (χ4n) is 3.32. The second-order valence-corrected chi connectivity index (χ2v) is 7.92. The largest absolute Gasteiger partial charge is 0.338 e. The highest BCUT2D eigenvalue weighted by molar-refractivity contribution is 7.12. The third-order valence-electron chi connectivity index (χ3n) is 4.87. The number of halogens is 2. The van der Waals surface area contributed by atoms with Crippen molar-refractivity contribution < 1.29 is 4.79 Å². The number of nitrogens with two attached hydrogens (primary N) is 1. The van der Waals surface area contributed by atoms with E-state index in [1.54, 1.807) is 17.5 Å². The summed E-state index contributed by atoms with van der Waals surface area (Å²) in [5, 5.41) is 2.85. The molecule has 2 aromatic rings. The molecule has 1 unspecified atom stereocenters. The summed E-state index contributed by atoms with van der Waals surface area (Å²) in [6.45, 7) is 9.70. The zero-order valence-electron chi connectivity index (χ0n) is 15.0. The first kappa shape index (κ1) is 22.0. The van der Waals surface area contributed by atoms with Crippen molar-refractivity contribution in [1.29, 1.82) is 0 Å². The molecular formula is C17H26Cl2N4OS. The summed E-state index contributed by atoms with van der Waals surface area (Å²) in [4.78, 5) is 19.3. The van der Waals surface area contributed by atoms with Gasteiger partial charge in [-0.25, -0.2) is 4.98 Å². The maximum atomic E-state index is 13.0. The Morgan fingerprint density at radius 2 is 2.04 bits per heavy atom. The lowest BCUT2D eigenvalue weighted by Gasteiger charge is -2.42. The van der Waals surface area contributed by atoms with Crippen LogP contribution >= 0.6 is 36.2 Å². The molecule has 25 heavy (non-hydrogen) atoms. The van der Waals surface area contributed by atoms with Crippen molar-refractivity contribution in [3.63, 3.8) is 0 Å². The number of hydrogen-bond donors (Lipinski definition) is 1. The minimum atomic E-state index is -0.0469. The van der Waals surface area contributed by atoms with E-state index in [2.05, 4.69) is 23.4 Å². The molecule has 1 atom stereocenters. The van der Waals surface area contributed by atoms with Gasteiger partial charge in [0.25, 0.3) is 5.91 Å². The summed E-state index contributed by atoms with van der Waals surface area (Å²) in [5.41, 5.74) is 8.90. The Morgan fingerprint density at radius 1 is 1.36 bits per heavy atom. The molecule has 0 aromatic carbocycles. The zero-order valence-corrected chi connectivity index (χ0v) is 17.4. The molecular weight excluding hydrogens is 379 g/mol. The molecule has 1 fully saturated rings. The SMILES string of the molecule is Cc1cc(C(=O)N2CCC(N)C(C)(C)C2)c(C)n1-c1nccs1.Cl.Cl. The molecule has 1 amide bonds. The molecule has 0 spiro atoms. The molecule has 0 saturated carbocycles. The highest BCUT2D eigenvalue weighted by atomic mass is 35.5. The highest BCUT2D eigenvalue weighted by Gasteiger charge is 2.36. The van der Waals surface area contributed by atoms with Gasteiger partial charge in [0.1, 0.15) is 0 Å². The molecule has 3 heterocycles. The van der Waals surface area contributed by atoms with Crippen LogP contribution in [0.4, 0.5) is 0 Å². The van der Waals surface area contributed by atoms with Gasteiger partial charge < -0.3 is 10.6 Å². The summed E-state index contributed by atoms with van der Waals surface area (Å²) in [6.07, 6.45) is 2.64. The lowest BCUT2D eigenvalue weighted by atomic mass is 9.79. The van der Waals surface area contributed by atoms with Crippen molar-refractivity contribution in [1.82, 2.24) is 14.5 Å². The Labute approximate surface area is 165 Å². The molecule has 8 heteroatoms. The summed E-state index contributed by atoms with van der Waals surface area (Å²) < 4.78 is 2.05. The number of rotatable bonds is 2. The van der Waals surface area contributed by atoms with E-state index in [1.807, 2.05) is 30.2 Å². The number of nitrogens with zero attached hydrogens (tertiary/aromatic N) is 3. The van der Waals surface area contributed by atoms with E-state index >= 15 is 0 Å². The van der Waals surface area contributed by atoms with Crippen molar-refractivity contribution in [2.75, 3.05) is 13.1 Å². The number of hydrogen-bond acceptors (Lipinski definition) is 4.